The van der Waals surface area contributed by atoms with Gasteiger partial charge >= 0.3 is 12.0 Å². The molecular formula is C16H15FN2O5. The van der Waals surface area contributed by atoms with Crippen molar-refractivity contribution in [2.45, 2.75) is 13.5 Å². The first kappa shape index (κ1) is 17.2. The lowest BCUT2D eigenvalue weighted by atomic mass is 10.1. The molecule has 0 fully saturated rings. The monoisotopic (exact) mass is 334 g/mol. The average molecular weight is 334 g/mol. The van der Waals surface area contributed by atoms with E-state index in [0.717, 1.165) is 6.07 Å². The SMILES string of the molecule is Cc1ccc(F)cc1C(=O)OCC(=O)NC(=O)NCc1ccco1. The zero-order chi connectivity index (χ0) is 17.5. The van der Waals surface area contributed by atoms with E-state index in [-0.39, 0.29) is 12.1 Å². The van der Waals surface area contributed by atoms with Crippen LogP contribution >= 0.6 is 0 Å². The molecule has 0 saturated carbocycles. The fraction of sp³-hybridized carbons (Fsp3) is 0.188. The highest BCUT2D eigenvalue weighted by molar-refractivity contribution is 5.97. The number of urea groups is 1. The first-order valence-electron chi connectivity index (χ1n) is 6.99. The number of amides is 3. The molecule has 0 aliphatic carbocycles. The molecule has 1 aromatic heterocycles. The van der Waals surface area contributed by atoms with Crippen molar-refractivity contribution in [3.8, 4) is 0 Å². The van der Waals surface area contributed by atoms with Crippen molar-refractivity contribution in [3.05, 3.63) is 59.3 Å². The van der Waals surface area contributed by atoms with Crippen LogP contribution in [0.5, 0.6) is 0 Å². The second-order valence-electron chi connectivity index (χ2n) is 4.85. The molecular weight excluding hydrogens is 319 g/mol. The van der Waals surface area contributed by atoms with Gasteiger partial charge in [-0.2, -0.15) is 0 Å². The van der Waals surface area contributed by atoms with Crippen LogP contribution in [0, 0.1) is 12.7 Å². The van der Waals surface area contributed by atoms with Crippen LogP contribution in [0.15, 0.2) is 41.0 Å². The summed E-state index contributed by atoms with van der Waals surface area (Å²) < 4.78 is 22.9. The third-order valence-electron chi connectivity index (χ3n) is 3.01. The topological polar surface area (TPSA) is 97.6 Å². The molecule has 0 aliphatic heterocycles. The van der Waals surface area contributed by atoms with Crippen molar-refractivity contribution in [1.82, 2.24) is 10.6 Å². The van der Waals surface area contributed by atoms with Crippen LogP contribution in [0.2, 0.25) is 0 Å². The highest BCUT2D eigenvalue weighted by Crippen LogP contribution is 2.11. The van der Waals surface area contributed by atoms with Crippen molar-refractivity contribution >= 4 is 17.9 Å². The Bertz CT molecular complexity index is 743. The van der Waals surface area contributed by atoms with Crippen LogP contribution in [-0.4, -0.2) is 24.5 Å². The number of hydrogen-bond acceptors (Lipinski definition) is 5. The number of carbonyl (C=O) groups excluding carboxylic acids is 3. The number of esters is 1. The molecule has 2 rings (SSSR count). The molecule has 0 atom stereocenters. The number of halogens is 1. The summed E-state index contributed by atoms with van der Waals surface area (Å²) in [5, 5.41) is 4.39. The van der Waals surface area contributed by atoms with Gasteiger partial charge in [0, 0.05) is 0 Å². The normalized spacial score (nSPS) is 10.1. The zero-order valence-electron chi connectivity index (χ0n) is 12.8. The van der Waals surface area contributed by atoms with Gasteiger partial charge in [-0.1, -0.05) is 6.07 Å². The molecule has 7 nitrogen and oxygen atoms in total. The predicted molar refractivity (Wildman–Crippen MR) is 80.5 cm³/mol. The molecule has 126 valence electrons. The van der Waals surface area contributed by atoms with Gasteiger partial charge in [0.2, 0.25) is 0 Å². The Labute approximate surface area is 136 Å². The lowest BCUT2D eigenvalue weighted by Gasteiger charge is -2.08. The standard InChI is InChI=1S/C16H15FN2O5/c1-10-4-5-11(17)7-13(10)15(21)24-9-14(20)19-16(22)18-8-12-3-2-6-23-12/h2-7H,8-9H2,1H3,(H2,18,19,20,22). The Kier molecular flexibility index (Phi) is 5.67. The number of ether oxygens (including phenoxy) is 1. The fourth-order valence-corrected chi connectivity index (χ4v) is 1.81. The lowest BCUT2D eigenvalue weighted by Crippen LogP contribution is -2.41. The number of hydrogen-bond donors (Lipinski definition) is 2. The number of rotatable bonds is 5. The van der Waals surface area contributed by atoms with E-state index in [1.54, 1.807) is 19.1 Å². The molecule has 0 unspecified atom stereocenters. The van der Waals surface area contributed by atoms with Crippen molar-refractivity contribution in [2.75, 3.05) is 6.61 Å². The third kappa shape index (κ3) is 4.94. The molecule has 8 heteroatoms. The Balaban J connectivity index is 1.77. The zero-order valence-corrected chi connectivity index (χ0v) is 12.8. The van der Waals surface area contributed by atoms with E-state index in [4.69, 9.17) is 9.15 Å². The summed E-state index contributed by atoms with van der Waals surface area (Å²) in [6, 6.07) is 6.22. The van der Waals surface area contributed by atoms with E-state index in [0.29, 0.717) is 11.3 Å². The maximum absolute atomic E-state index is 13.1. The minimum Gasteiger partial charge on any atom is -0.467 e. The van der Waals surface area contributed by atoms with E-state index in [1.807, 2.05) is 5.32 Å². The van der Waals surface area contributed by atoms with E-state index >= 15 is 0 Å². The largest absolute Gasteiger partial charge is 0.467 e. The number of aryl methyl sites for hydroxylation is 1. The maximum atomic E-state index is 13.1. The Morgan fingerprint density at radius 1 is 1.25 bits per heavy atom. The minimum atomic E-state index is -0.849. The van der Waals surface area contributed by atoms with Crippen LogP contribution in [-0.2, 0) is 16.1 Å². The van der Waals surface area contributed by atoms with Crippen molar-refractivity contribution in [3.63, 3.8) is 0 Å². The van der Waals surface area contributed by atoms with Gasteiger partial charge in [-0.3, -0.25) is 10.1 Å². The maximum Gasteiger partial charge on any atom is 0.339 e. The third-order valence-corrected chi connectivity index (χ3v) is 3.01. The van der Waals surface area contributed by atoms with Crippen molar-refractivity contribution in [1.29, 1.82) is 0 Å². The van der Waals surface area contributed by atoms with E-state index in [9.17, 15) is 18.8 Å². The summed E-state index contributed by atoms with van der Waals surface area (Å²) >= 11 is 0. The predicted octanol–water partition coefficient (Wildman–Crippen LogP) is 1.91. The molecule has 0 spiro atoms. The van der Waals surface area contributed by atoms with Crippen LogP contribution in [0.25, 0.3) is 0 Å². The summed E-state index contributed by atoms with van der Waals surface area (Å²) in [5.41, 5.74) is 0.531. The molecule has 0 bridgehead atoms. The number of nitrogens with one attached hydrogen (secondary N) is 2. The Morgan fingerprint density at radius 3 is 2.75 bits per heavy atom. The summed E-state index contributed by atoms with van der Waals surface area (Å²) in [6.07, 6.45) is 1.45. The number of furan rings is 1. The summed E-state index contributed by atoms with van der Waals surface area (Å²) in [7, 11) is 0. The van der Waals surface area contributed by atoms with Gasteiger partial charge in [-0.05, 0) is 36.8 Å². The summed E-state index contributed by atoms with van der Waals surface area (Å²) in [4.78, 5) is 34.9. The average Bonchev–Trinajstić information content (AvgIpc) is 3.06. The molecule has 1 aromatic carbocycles. The Hall–Kier alpha value is -3.16. The smallest absolute Gasteiger partial charge is 0.339 e. The second-order valence-corrected chi connectivity index (χ2v) is 4.85. The summed E-state index contributed by atoms with van der Waals surface area (Å²) in [6.45, 7) is 1.05. The molecule has 2 aromatic rings. The summed E-state index contributed by atoms with van der Waals surface area (Å²) in [5.74, 6) is -1.73. The highest BCUT2D eigenvalue weighted by atomic mass is 19.1. The van der Waals surface area contributed by atoms with Crippen molar-refractivity contribution < 1.29 is 27.9 Å². The van der Waals surface area contributed by atoms with Crippen LogP contribution in [0.4, 0.5) is 9.18 Å². The number of carbonyl (C=O) groups is 3. The van der Waals surface area contributed by atoms with E-state index in [1.165, 1.54) is 18.4 Å². The fourth-order valence-electron chi connectivity index (χ4n) is 1.81. The second kappa shape index (κ2) is 7.91. The van der Waals surface area contributed by atoms with Gasteiger partial charge in [0.15, 0.2) is 6.61 Å². The molecule has 0 radical (unpaired) electrons. The van der Waals surface area contributed by atoms with Gasteiger partial charge in [0.25, 0.3) is 5.91 Å². The molecule has 24 heavy (non-hydrogen) atoms. The van der Waals surface area contributed by atoms with E-state index in [2.05, 4.69) is 5.32 Å². The Morgan fingerprint density at radius 2 is 2.04 bits per heavy atom. The number of benzene rings is 1. The van der Waals surface area contributed by atoms with Gasteiger partial charge in [0.05, 0.1) is 18.4 Å². The molecule has 0 saturated heterocycles. The highest BCUT2D eigenvalue weighted by Gasteiger charge is 2.15. The van der Waals surface area contributed by atoms with Crippen LogP contribution < -0.4 is 10.6 Å². The molecule has 2 N–H and O–H groups in total. The van der Waals surface area contributed by atoms with Crippen LogP contribution in [0.3, 0.4) is 0 Å². The van der Waals surface area contributed by atoms with Gasteiger partial charge in [-0.15, -0.1) is 0 Å². The first-order chi connectivity index (χ1) is 11.5. The van der Waals surface area contributed by atoms with Gasteiger partial charge < -0.3 is 14.5 Å². The minimum absolute atomic E-state index is 0.0186. The van der Waals surface area contributed by atoms with E-state index < -0.39 is 30.3 Å². The van der Waals surface area contributed by atoms with Crippen molar-refractivity contribution in [2.24, 2.45) is 0 Å². The number of imide groups is 1. The quantitative estimate of drug-likeness (QED) is 0.814. The van der Waals surface area contributed by atoms with Gasteiger partial charge in [-0.25, -0.2) is 14.0 Å². The van der Waals surface area contributed by atoms with Gasteiger partial charge in [0.1, 0.15) is 11.6 Å². The van der Waals surface area contributed by atoms with Crippen LogP contribution in [0.1, 0.15) is 21.7 Å². The molecule has 1 heterocycles. The molecule has 0 aliphatic rings. The lowest BCUT2D eigenvalue weighted by molar-refractivity contribution is -0.123. The first-order valence-corrected chi connectivity index (χ1v) is 6.99. The molecule has 3 amide bonds.